The van der Waals surface area contributed by atoms with Crippen LogP contribution in [0.1, 0.15) is 33.9 Å². The number of rotatable bonds is 3. The van der Waals surface area contributed by atoms with Crippen molar-refractivity contribution in [2.24, 2.45) is 0 Å². The minimum Gasteiger partial charge on any atom is -0.329 e. The van der Waals surface area contributed by atoms with Gasteiger partial charge in [-0.15, -0.1) is 0 Å². The van der Waals surface area contributed by atoms with Crippen LogP contribution in [0.5, 0.6) is 0 Å². The largest absolute Gasteiger partial charge is 0.416 e. The van der Waals surface area contributed by atoms with E-state index in [2.05, 4.69) is 5.32 Å². The van der Waals surface area contributed by atoms with Crippen LogP contribution in [0.4, 0.5) is 18.0 Å². The summed E-state index contributed by atoms with van der Waals surface area (Å²) in [7, 11) is 1.59. The predicted octanol–water partition coefficient (Wildman–Crippen LogP) is 4.31. The summed E-state index contributed by atoms with van der Waals surface area (Å²) < 4.78 is 39.2. The lowest BCUT2D eigenvalue weighted by atomic mass is 9.91. The second kappa shape index (κ2) is 7.44. The van der Waals surface area contributed by atoms with Gasteiger partial charge >= 0.3 is 12.2 Å². The molecule has 0 radical (unpaired) electrons. The number of hydrogen-bond donors (Lipinski definition) is 1. The molecule has 0 aromatic heterocycles. The van der Waals surface area contributed by atoms with Gasteiger partial charge in [-0.2, -0.15) is 13.2 Å². The Labute approximate surface area is 178 Å². The highest BCUT2D eigenvalue weighted by Crippen LogP contribution is 2.37. The maximum absolute atomic E-state index is 13.3. The van der Waals surface area contributed by atoms with E-state index < -0.39 is 17.8 Å². The molecule has 5 nitrogen and oxygen atoms in total. The van der Waals surface area contributed by atoms with E-state index >= 15 is 0 Å². The Hall–Kier alpha value is -3.29. The molecule has 31 heavy (non-hydrogen) atoms. The molecular formula is C23H22F3N3O2. The number of alkyl halides is 3. The summed E-state index contributed by atoms with van der Waals surface area (Å²) in [6.07, 6.45) is -4.45. The molecule has 2 heterocycles. The molecule has 3 amide bonds. The van der Waals surface area contributed by atoms with Crippen LogP contribution < -0.4 is 5.32 Å². The number of likely N-dealkylation sites (N-methyl/N-ethyl adjacent to an activating group) is 1. The van der Waals surface area contributed by atoms with Gasteiger partial charge in [-0.25, -0.2) is 4.79 Å². The van der Waals surface area contributed by atoms with E-state index in [0.29, 0.717) is 16.8 Å². The Kier molecular flexibility index (Phi) is 5.03. The van der Waals surface area contributed by atoms with Crippen molar-refractivity contribution < 1.29 is 22.8 Å². The van der Waals surface area contributed by atoms with E-state index in [9.17, 15) is 22.8 Å². The molecule has 2 aromatic rings. The summed E-state index contributed by atoms with van der Waals surface area (Å²) in [4.78, 5) is 28.7. The van der Waals surface area contributed by atoms with Gasteiger partial charge in [0.2, 0.25) is 0 Å². The van der Waals surface area contributed by atoms with E-state index in [4.69, 9.17) is 0 Å². The number of carbonyl (C=O) groups is 2. The average Bonchev–Trinajstić information content (AvgIpc) is 3.01. The number of amides is 3. The molecule has 0 spiro atoms. The van der Waals surface area contributed by atoms with Crippen LogP contribution in [0.25, 0.3) is 0 Å². The Morgan fingerprint density at radius 1 is 1.10 bits per heavy atom. The van der Waals surface area contributed by atoms with Crippen molar-refractivity contribution in [1.82, 2.24) is 15.1 Å². The molecule has 0 saturated carbocycles. The van der Waals surface area contributed by atoms with Crippen LogP contribution in [-0.4, -0.2) is 35.3 Å². The highest BCUT2D eigenvalue weighted by molar-refractivity contribution is 6.01. The van der Waals surface area contributed by atoms with Gasteiger partial charge in [0.15, 0.2) is 0 Å². The Morgan fingerprint density at radius 3 is 2.52 bits per heavy atom. The lowest BCUT2D eigenvalue weighted by molar-refractivity contribution is -0.137. The number of benzene rings is 2. The fourth-order valence-corrected chi connectivity index (χ4v) is 4.20. The molecule has 0 bridgehead atoms. The number of carbonyl (C=O) groups excluding carboxylic acids is 2. The Morgan fingerprint density at radius 2 is 1.84 bits per heavy atom. The summed E-state index contributed by atoms with van der Waals surface area (Å²) in [5.41, 5.74) is 3.51. The Balaban J connectivity index is 1.66. The van der Waals surface area contributed by atoms with E-state index in [0.717, 1.165) is 28.8 Å². The van der Waals surface area contributed by atoms with Crippen LogP contribution in [-0.2, 0) is 17.5 Å². The maximum atomic E-state index is 13.3. The first-order valence-electron chi connectivity index (χ1n) is 9.86. The van der Waals surface area contributed by atoms with Gasteiger partial charge < -0.3 is 10.2 Å². The van der Waals surface area contributed by atoms with Crippen molar-refractivity contribution in [3.8, 4) is 0 Å². The fraction of sp³-hybridized carbons (Fsp3) is 0.304. The highest BCUT2D eigenvalue weighted by Gasteiger charge is 2.43. The summed E-state index contributed by atoms with van der Waals surface area (Å²) in [5, 5.41) is 2.89. The van der Waals surface area contributed by atoms with Gasteiger partial charge in [-0.1, -0.05) is 35.9 Å². The molecule has 162 valence electrons. The van der Waals surface area contributed by atoms with Crippen molar-refractivity contribution in [2.45, 2.75) is 32.6 Å². The van der Waals surface area contributed by atoms with Gasteiger partial charge in [0, 0.05) is 13.6 Å². The Bertz CT molecular complexity index is 1110. The molecule has 0 saturated heterocycles. The van der Waals surface area contributed by atoms with Crippen LogP contribution in [0, 0.1) is 13.8 Å². The number of hydrogen-bond acceptors (Lipinski definition) is 2. The molecule has 8 heteroatoms. The number of urea groups is 1. The molecule has 0 fully saturated rings. The second-order valence-corrected chi connectivity index (χ2v) is 8.02. The number of aryl methyl sites for hydroxylation is 2. The third-order valence-electron chi connectivity index (χ3n) is 5.80. The summed E-state index contributed by atoms with van der Waals surface area (Å²) in [6, 6.07) is 9.85. The van der Waals surface area contributed by atoms with Crippen LogP contribution >= 0.6 is 0 Å². The highest BCUT2D eigenvalue weighted by atomic mass is 19.4. The van der Waals surface area contributed by atoms with E-state index in [1.54, 1.807) is 13.1 Å². The lowest BCUT2D eigenvalue weighted by Gasteiger charge is -2.31. The monoisotopic (exact) mass is 429 g/mol. The molecule has 0 unspecified atom stereocenters. The molecule has 2 aromatic carbocycles. The standard InChI is InChI=1S/C23H22F3N3O2/c1-13-7-8-17(14(2)9-13)20-19-18(28(3)22(31)27-20)12-29(21(19)30)11-15-5-4-6-16(10-15)23(24,25)26/h4-10,20H,11-12H2,1-3H3,(H,27,31)/t20-/m0/s1. The molecule has 4 rings (SSSR count). The molecule has 2 aliphatic heterocycles. The SMILES string of the molecule is Cc1ccc([C@@H]2NC(=O)N(C)C3=C2C(=O)N(Cc2cccc(C(F)(F)F)c2)C3)c(C)c1. The maximum Gasteiger partial charge on any atom is 0.416 e. The number of nitrogens with one attached hydrogen (secondary N) is 1. The minimum atomic E-state index is -4.45. The van der Waals surface area contributed by atoms with E-state index in [-0.39, 0.29) is 25.0 Å². The quantitative estimate of drug-likeness (QED) is 0.790. The zero-order valence-corrected chi connectivity index (χ0v) is 17.4. The van der Waals surface area contributed by atoms with Crippen molar-refractivity contribution in [3.63, 3.8) is 0 Å². The predicted molar refractivity (Wildman–Crippen MR) is 109 cm³/mol. The van der Waals surface area contributed by atoms with Crippen molar-refractivity contribution >= 4 is 11.9 Å². The lowest BCUT2D eigenvalue weighted by Crippen LogP contribution is -2.45. The third-order valence-corrected chi connectivity index (χ3v) is 5.80. The van der Waals surface area contributed by atoms with Gasteiger partial charge in [-0.3, -0.25) is 9.69 Å². The zero-order chi connectivity index (χ0) is 22.5. The van der Waals surface area contributed by atoms with Crippen molar-refractivity contribution in [2.75, 3.05) is 13.6 Å². The van der Waals surface area contributed by atoms with Gasteiger partial charge in [0.25, 0.3) is 5.91 Å². The first kappa shape index (κ1) is 21.0. The smallest absolute Gasteiger partial charge is 0.329 e. The summed E-state index contributed by atoms with van der Waals surface area (Å²) in [6.45, 7) is 4.08. The minimum absolute atomic E-state index is 0.0252. The molecular weight excluding hydrogens is 407 g/mol. The van der Waals surface area contributed by atoms with Crippen LogP contribution in [0.3, 0.4) is 0 Å². The molecule has 1 atom stereocenters. The summed E-state index contributed by atoms with van der Waals surface area (Å²) >= 11 is 0. The first-order chi connectivity index (χ1) is 14.6. The van der Waals surface area contributed by atoms with Crippen LogP contribution in [0.15, 0.2) is 53.7 Å². The molecule has 0 aliphatic carbocycles. The van der Waals surface area contributed by atoms with Crippen LogP contribution in [0.2, 0.25) is 0 Å². The molecule has 2 aliphatic rings. The molecule has 1 N–H and O–H groups in total. The number of nitrogens with zero attached hydrogens (tertiary/aromatic N) is 2. The van der Waals surface area contributed by atoms with E-state index in [1.807, 2.05) is 32.0 Å². The van der Waals surface area contributed by atoms with Gasteiger partial charge in [0.05, 0.1) is 29.4 Å². The topological polar surface area (TPSA) is 52.7 Å². The second-order valence-electron chi connectivity index (χ2n) is 8.02. The normalized spacial score (nSPS) is 19.1. The van der Waals surface area contributed by atoms with Gasteiger partial charge in [-0.05, 0) is 42.7 Å². The third kappa shape index (κ3) is 3.78. The fourth-order valence-electron chi connectivity index (χ4n) is 4.20. The number of halogens is 3. The van der Waals surface area contributed by atoms with Gasteiger partial charge in [0.1, 0.15) is 0 Å². The van der Waals surface area contributed by atoms with Crippen molar-refractivity contribution in [3.05, 3.63) is 81.6 Å². The average molecular weight is 429 g/mol. The summed E-state index contributed by atoms with van der Waals surface area (Å²) in [5.74, 6) is -0.288. The van der Waals surface area contributed by atoms with E-state index in [1.165, 1.54) is 15.9 Å². The zero-order valence-electron chi connectivity index (χ0n) is 17.4. The first-order valence-corrected chi connectivity index (χ1v) is 9.86. The van der Waals surface area contributed by atoms with Crippen molar-refractivity contribution in [1.29, 1.82) is 0 Å².